The van der Waals surface area contributed by atoms with Gasteiger partial charge in [0.25, 0.3) is 0 Å². The Balaban J connectivity index is 3.15. The number of hydrogen-bond acceptors (Lipinski definition) is 1. The molecular weight excluding hydrogens is 219 g/mol. The zero-order valence-electron chi connectivity index (χ0n) is 3.75. The standard InChI is InChI=1S/C2H5Cl3GeO/c1-2-7-6(3,4)5/h2H2,1H3. The van der Waals surface area contributed by atoms with E-state index >= 15 is 0 Å². The summed E-state index contributed by atoms with van der Waals surface area (Å²) in [6.07, 6.45) is 0. The van der Waals surface area contributed by atoms with Crippen LogP contribution < -0.4 is 0 Å². The molecule has 0 aliphatic rings. The van der Waals surface area contributed by atoms with Crippen molar-refractivity contribution in [2.45, 2.75) is 6.92 Å². The summed E-state index contributed by atoms with van der Waals surface area (Å²) in [5.41, 5.74) is 0. The number of hydrogen-bond donors (Lipinski definition) is 0. The van der Waals surface area contributed by atoms with Crippen LogP contribution in [0.5, 0.6) is 0 Å². The Morgan fingerprint density at radius 3 is 1.86 bits per heavy atom. The molecule has 0 saturated carbocycles. The summed E-state index contributed by atoms with van der Waals surface area (Å²) in [7, 11) is 12.8. The van der Waals surface area contributed by atoms with E-state index in [1.165, 1.54) is 0 Å². The summed E-state index contributed by atoms with van der Waals surface area (Å²) in [4.78, 5) is 0. The van der Waals surface area contributed by atoms with Crippen molar-refractivity contribution in [1.29, 1.82) is 0 Å². The van der Waals surface area contributed by atoms with Gasteiger partial charge in [-0.1, -0.05) is 0 Å². The third-order valence-corrected chi connectivity index (χ3v) is 3.30. The van der Waals surface area contributed by atoms with Crippen molar-refractivity contribution in [2.24, 2.45) is 0 Å². The Bertz CT molecular complexity index is 51.4. The molecule has 0 amide bonds. The Morgan fingerprint density at radius 1 is 1.43 bits per heavy atom. The fraction of sp³-hybridized carbons (Fsp3) is 1.00. The van der Waals surface area contributed by atoms with E-state index in [1.807, 2.05) is 0 Å². The van der Waals surface area contributed by atoms with Crippen LogP contribution in [0.1, 0.15) is 6.92 Å². The molecule has 0 unspecified atom stereocenters. The van der Waals surface area contributed by atoms with Crippen LogP contribution in [0.3, 0.4) is 0 Å². The second kappa shape index (κ2) is 3.41. The molecule has 0 atom stereocenters. The molecule has 0 aliphatic heterocycles. The quantitative estimate of drug-likeness (QED) is 0.653. The van der Waals surface area contributed by atoms with Crippen molar-refractivity contribution in [3.8, 4) is 0 Å². The van der Waals surface area contributed by atoms with E-state index in [0.29, 0.717) is 6.61 Å². The molecule has 0 bridgehead atoms. The van der Waals surface area contributed by atoms with Gasteiger partial charge in [-0.05, 0) is 0 Å². The zero-order chi connectivity index (χ0) is 5.91. The summed E-state index contributed by atoms with van der Waals surface area (Å²) in [5, 5.41) is 0. The van der Waals surface area contributed by atoms with Crippen LogP contribution >= 0.6 is 30.0 Å². The second-order valence-electron chi connectivity index (χ2n) is 0.879. The van der Waals surface area contributed by atoms with Crippen molar-refractivity contribution < 1.29 is 3.76 Å². The predicted molar refractivity (Wildman–Crippen MR) is 34.9 cm³/mol. The normalized spacial score (nSPS) is 12.0. The van der Waals surface area contributed by atoms with E-state index in [1.54, 1.807) is 6.92 Å². The average molecular weight is 224 g/mol. The molecule has 7 heavy (non-hydrogen) atoms. The zero-order valence-corrected chi connectivity index (χ0v) is 8.12. The first-order valence-electron chi connectivity index (χ1n) is 1.77. The van der Waals surface area contributed by atoms with Gasteiger partial charge in [0.1, 0.15) is 0 Å². The number of halogens is 3. The third kappa shape index (κ3) is 7.37. The summed E-state index contributed by atoms with van der Waals surface area (Å²) in [6.45, 7) is 2.30. The van der Waals surface area contributed by atoms with E-state index in [2.05, 4.69) is 0 Å². The molecule has 0 heterocycles. The minimum absolute atomic E-state index is 0.497. The molecule has 0 fully saturated rings. The van der Waals surface area contributed by atoms with Crippen LogP contribution in [-0.2, 0) is 3.76 Å². The molecule has 0 rings (SSSR count). The molecule has 1 nitrogen and oxygen atoms in total. The van der Waals surface area contributed by atoms with Crippen molar-refractivity contribution >= 4 is 40.8 Å². The fourth-order valence-corrected chi connectivity index (χ4v) is 2.55. The molecule has 0 aliphatic carbocycles. The summed E-state index contributed by atoms with van der Waals surface area (Å²) in [6, 6.07) is 0. The monoisotopic (exact) mass is 224 g/mol. The van der Waals surface area contributed by atoms with Crippen LogP contribution in [0, 0.1) is 0 Å². The van der Waals surface area contributed by atoms with Gasteiger partial charge in [-0.15, -0.1) is 0 Å². The van der Waals surface area contributed by atoms with Gasteiger partial charge < -0.3 is 0 Å². The van der Waals surface area contributed by atoms with Gasteiger partial charge >= 0.3 is 58.1 Å². The number of rotatable bonds is 2. The van der Waals surface area contributed by atoms with Crippen LogP contribution in [0.4, 0.5) is 0 Å². The van der Waals surface area contributed by atoms with E-state index in [0.717, 1.165) is 0 Å². The van der Waals surface area contributed by atoms with Crippen molar-refractivity contribution in [1.82, 2.24) is 0 Å². The Labute approximate surface area is 58.1 Å². The van der Waals surface area contributed by atoms with Gasteiger partial charge in [0.2, 0.25) is 0 Å². The molecule has 44 valence electrons. The predicted octanol–water partition coefficient (Wildman–Crippen LogP) is 2.17. The molecule has 0 aromatic heterocycles. The van der Waals surface area contributed by atoms with Crippen molar-refractivity contribution in [3.63, 3.8) is 0 Å². The van der Waals surface area contributed by atoms with Gasteiger partial charge in [0.15, 0.2) is 0 Å². The molecule has 0 aromatic rings. The maximum absolute atomic E-state index is 5.33. The van der Waals surface area contributed by atoms with Gasteiger partial charge in [-0.25, -0.2) is 0 Å². The van der Waals surface area contributed by atoms with Crippen LogP contribution in [-0.4, -0.2) is 17.4 Å². The molecule has 0 N–H and O–H groups in total. The first kappa shape index (κ1) is 8.37. The Hall–Kier alpha value is 1.37. The summed E-state index contributed by atoms with van der Waals surface area (Å²) < 4.78 is 4.71. The maximum atomic E-state index is 5.33. The van der Waals surface area contributed by atoms with Crippen molar-refractivity contribution in [2.75, 3.05) is 6.61 Å². The summed E-state index contributed by atoms with van der Waals surface area (Å²) in [5.74, 6) is 0. The van der Waals surface area contributed by atoms with E-state index in [9.17, 15) is 0 Å². The third-order valence-electron chi connectivity index (χ3n) is 0.308. The van der Waals surface area contributed by atoms with Crippen molar-refractivity contribution in [3.05, 3.63) is 0 Å². The SMILES string of the molecule is CC[O][Ge]([Cl])([Cl])[Cl]. The fourth-order valence-electron chi connectivity index (χ4n) is 0.164. The summed E-state index contributed by atoms with van der Waals surface area (Å²) >= 11 is 0. The van der Waals surface area contributed by atoms with Gasteiger partial charge in [-0.2, -0.15) is 0 Å². The molecule has 5 heteroatoms. The van der Waals surface area contributed by atoms with Crippen LogP contribution in [0.25, 0.3) is 0 Å². The Kier molecular flexibility index (Phi) is 4.08. The minimum atomic E-state index is -3.16. The van der Waals surface area contributed by atoms with E-state index in [-0.39, 0.29) is 0 Å². The van der Waals surface area contributed by atoms with E-state index < -0.39 is 10.8 Å². The first-order valence-corrected chi connectivity index (χ1v) is 10.9. The Morgan fingerprint density at radius 2 is 1.86 bits per heavy atom. The molecule has 0 radical (unpaired) electrons. The van der Waals surface area contributed by atoms with Gasteiger partial charge in [0, 0.05) is 0 Å². The molecule has 0 aromatic carbocycles. The van der Waals surface area contributed by atoms with Crippen LogP contribution in [0.15, 0.2) is 0 Å². The van der Waals surface area contributed by atoms with Gasteiger partial charge in [-0.3, -0.25) is 0 Å². The molecular formula is C2H5Cl3GeO. The van der Waals surface area contributed by atoms with Crippen LogP contribution in [0.2, 0.25) is 0 Å². The van der Waals surface area contributed by atoms with E-state index in [4.69, 9.17) is 33.8 Å². The molecule has 0 saturated heterocycles. The van der Waals surface area contributed by atoms with Gasteiger partial charge in [0.05, 0.1) is 0 Å². The molecule has 0 spiro atoms. The first-order chi connectivity index (χ1) is 3.06. The second-order valence-corrected chi connectivity index (χ2v) is 14.7. The average Bonchev–Trinajstić information content (AvgIpc) is 1.30. The topological polar surface area (TPSA) is 9.23 Å².